The van der Waals surface area contributed by atoms with Crippen LogP contribution >= 0.6 is 0 Å². The van der Waals surface area contributed by atoms with Gasteiger partial charge in [-0.3, -0.25) is 4.79 Å². The average Bonchev–Trinajstić information content (AvgIpc) is 2.91. The van der Waals surface area contributed by atoms with Crippen LogP contribution < -0.4 is 10.2 Å². The average molecular weight is 284 g/mol. The van der Waals surface area contributed by atoms with E-state index in [0.717, 1.165) is 24.5 Å². The second-order valence-electron chi connectivity index (χ2n) is 5.00. The summed E-state index contributed by atoms with van der Waals surface area (Å²) in [6.45, 7) is 2.44. The summed E-state index contributed by atoms with van der Waals surface area (Å²) in [7, 11) is 0. The smallest absolute Gasteiger partial charge is 0.325 e. The highest BCUT2D eigenvalue weighted by atomic mass is 16.4. The quantitative estimate of drug-likeness (QED) is 0.894. The Balaban J connectivity index is 1.86. The zero-order valence-corrected chi connectivity index (χ0v) is 11.7. The van der Waals surface area contributed by atoms with E-state index in [1.165, 1.54) is 11.9 Å². The fourth-order valence-electron chi connectivity index (χ4n) is 2.43. The molecule has 1 aliphatic rings. The van der Waals surface area contributed by atoms with Crippen LogP contribution in [0.1, 0.15) is 12.5 Å². The Morgan fingerprint density at radius 2 is 2.19 bits per heavy atom. The monoisotopic (exact) mass is 284 g/mol. The lowest BCUT2D eigenvalue weighted by Gasteiger charge is -2.19. The van der Waals surface area contributed by atoms with Gasteiger partial charge < -0.3 is 15.3 Å². The predicted octanol–water partition coefficient (Wildman–Crippen LogP) is 2.06. The van der Waals surface area contributed by atoms with Crippen molar-refractivity contribution in [3.8, 4) is 0 Å². The molecule has 21 heavy (non-hydrogen) atoms. The summed E-state index contributed by atoms with van der Waals surface area (Å²) in [5.74, 6) is 0.371. The standard InChI is InChI=1S/C15H16N4O2/c1-10(15(20)21)18-13-8-14(17-9-16-13)19-7-6-11-4-2-3-5-12(11)19/h2-5,8-10H,6-7H2,1H3,(H,20,21)(H,16,17,18)/t10-/m1/s1. The number of carboxylic acids is 1. The van der Waals surface area contributed by atoms with E-state index in [1.54, 1.807) is 13.0 Å². The van der Waals surface area contributed by atoms with E-state index in [0.29, 0.717) is 5.82 Å². The number of hydrogen-bond acceptors (Lipinski definition) is 5. The fraction of sp³-hybridized carbons (Fsp3) is 0.267. The molecular formula is C15H16N4O2. The third-order valence-electron chi connectivity index (χ3n) is 3.55. The molecule has 1 atom stereocenters. The lowest BCUT2D eigenvalue weighted by molar-refractivity contribution is -0.137. The van der Waals surface area contributed by atoms with E-state index in [2.05, 4.69) is 32.3 Å². The molecule has 0 aliphatic carbocycles. The van der Waals surface area contributed by atoms with Gasteiger partial charge in [0.15, 0.2) is 0 Å². The van der Waals surface area contributed by atoms with Crippen molar-refractivity contribution in [1.29, 1.82) is 0 Å². The molecule has 3 rings (SSSR count). The molecule has 0 spiro atoms. The number of nitrogens with zero attached hydrogens (tertiary/aromatic N) is 3. The molecule has 1 aromatic carbocycles. The number of benzene rings is 1. The molecule has 1 aromatic heterocycles. The van der Waals surface area contributed by atoms with E-state index < -0.39 is 12.0 Å². The maximum Gasteiger partial charge on any atom is 0.325 e. The number of anilines is 3. The van der Waals surface area contributed by atoms with Crippen molar-refractivity contribution in [3.05, 3.63) is 42.2 Å². The second-order valence-corrected chi connectivity index (χ2v) is 5.00. The first kappa shape index (κ1) is 13.4. The van der Waals surface area contributed by atoms with Gasteiger partial charge >= 0.3 is 5.97 Å². The Morgan fingerprint density at radius 1 is 1.38 bits per heavy atom. The highest BCUT2D eigenvalue weighted by Crippen LogP contribution is 2.33. The summed E-state index contributed by atoms with van der Waals surface area (Å²) in [6, 6.07) is 9.30. The number of carboxylic acid groups (broad SMARTS) is 1. The summed E-state index contributed by atoms with van der Waals surface area (Å²) in [6.07, 6.45) is 2.43. The van der Waals surface area contributed by atoms with E-state index in [-0.39, 0.29) is 0 Å². The minimum atomic E-state index is -0.915. The molecule has 0 bridgehead atoms. The molecule has 2 aromatic rings. The largest absolute Gasteiger partial charge is 0.480 e. The van der Waals surface area contributed by atoms with Gasteiger partial charge in [-0.2, -0.15) is 0 Å². The molecule has 2 N–H and O–H groups in total. The normalized spacial score (nSPS) is 14.6. The number of hydrogen-bond donors (Lipinski definition) is 2. The van der Waals surface area contributed by atoms with Crippen LogP contribution in [0, 0.1) is 0 Å². The van der Waals surface area contributed by atoms with Crippen LogP contribution in [0.5, 0.6) is 0 Å². The molecule has 0 saturated heterocycles. The molecule has 0 amide bonds. The number of aliphatic carboxylic acids is 1. The van der Waals surface area contributed by atoms with E-state index in [4.69, 9.17) is 5.11 Å². The lowest BCUT2D eigenvalue weighted by atomic mass is 10.2. The Labute approximate surface area is 122 Å². The van der Waals surface area contributed by atoms with Gasteiger partial charge in [-0.05, 0) is 25.0 Å². The van der Waals surface area contributed by atoms with Crippen molar-refractivity contribution < 1.29 is 9.90 Å². The van der Waals surface area contributed by atoms with Crippen molar-refractivity contribution in [1.82, 2.24) is 9.97 Å². The van der Waals surface area contributed by atoms with Crippen molar-refractivity contribution >= 4 is 23.3 Å². The van der Waals surface area contributed by atoms with Crippen molar-refractivity contribution in [2.75, 3.05) is 16.8 Å². The maximum absolute atomic E-state index is 10.9. The molecular weight excluding hydrogens is 268 g/mol. The molecule has 0 saturated carbocycles. The first-order valence-electron chi connectivity index (χ1n) is 6.82. The fourth-order valence-corrected chi connectivity index (χ4v) is 2.43. The zero-order valence-electron chi connectivity index (χ0n) is 11.7. The molecule has 2 heterocycles. The summed E-state index contributed by atoms with van der Waals surface area (Å²) < 4.78 is 0. The number of aromatic nitrogens is 2. The van der Waals surface area contributed by atoms with Crippen LogP contribution in [-0.2, 0) is 11.2 Å². The number of para-hydroxylation sites is 1. The minimum Gasteiger partial charge on any atom is -0.480 e. The van der Waals surface area contributed by atoms with E-state index in [9.17, 15) is 4.79 Å². The Kier molecular flexibility index (Phi) is 3.43. The third-order valence-corrected chi connectivity index (χ3v) is 3.55. The van der Waals surface area contributed by atoms with Crippen LogP contribution in [-0.4, -0.2) is 33.6 Å². The van der Waals surface area contributed by atoms with E-state index >= 15 is 0 Å². The van der Waals surface area contributed by atoms with Crippen LogP contribution in [0.15, 0.2) is 36.7 Å². The summed E-state index contributed by atoms with van der Waals surface area (Å²) in [5, 5.41) is 11.8. The molecule has 0 unspecified atom stereocenters. The highest BCUT2D eigenvalue weighted by Gasteiger charge is 2.21. The number of rotatable bonds is 4. The summed E-state index contributed by atoms with van der Waals surface area (Å²) >= 11 is 0. The third kappa shape index (κ3) is 2.65. The minimum absolute atomic E-state index is 0.513. The first-order chi connectivity index (χ1) is 10.1. The van der Waals surface area contributed by atoms with Gasteiger partial charge in [0.05, 0.1) is 0 Å². The van der Waals surface area contributed by atoms with E-state index in [1.807, 2.05) is 12.1 Å². The van der Waals surface area contributed by atoms with Gasteiger partial charge in [0.2, 0.25) is 0 Å². The molecule has 6 nitrogen and oxygen atoms in total. The van der Waals surface area contributed by atoms with Crippen molar-refractivity contribution in [2.24, 2.45) is 0 Å². The maximum atomic E-state index is 10.9. The van der Waals surface area contributed by atoms with Crippen LogP contribution in [0.3, 0.4) is 0 Å². The van der Waals surface area contributed by atoms with Crippen molar-refractivity contribution in [2.45, 2.75) is 19.4 Å². The molecule has 6 heteroatoms. The Bertz CT molecular complexity index is 674. The number of fused-ring (bicyclic) bond motifs is 1. The topological polar surface area (TPSA) is 78.3 Å². The van der Waals surface area contributed by atoms with Gasteiger partial charge in [-0.25, -0.2) is 9.97 Å². The molecule has 1 aliphatic heterocycles. The molecule has 0 fully saturated rings. The van der Waals surface area contributed by atoms with Crippen LogP contribution in [0.2, 0.25) is 0 Å². The Morgan fingerprint density at radius 3 is 3.00 bits per heavy atom. The lowest BCUT2D eigenvalue weighted by Crippen LogP contribution is -2.26. The molecule has 108 valence electrons. The second kappa shape index (κ2) is 5.40. The van der Waals surface area contributed by atoms with Crippen molar-refractivity contribution in [3.63, 3.8) is 0 Å². The number of carbonyl (C=O) groups is 1. The highest BCUT2D eigenvalue weighted by molar-refractivity contribution is 5.76. The van der Waals surface area contributed by atoms with Crippen LogP contribution in [0.25, 0.3) is 0 Å². The first-order valence-corrected chi connectivity index (χ1v) is 6.82. The molecule has 0 radical (unpaired) electrons. The van der Waals surface area contributed by atoms with Gasteiger partial charge in [0.1, 0.15) is 24.0 Å². The Hall–Kier alpha value is -2.63. The number of nitrogens with one attached hydrogen (secondary N) is 1. The predicted molar refractivity (Wildman–Crippen MR) is 79.9 cm³/mol. The van der Waals surface area contributed by atoms with Crippen LogP contribution in [0.4, 0.5) is 17.3 Å². The summed E-state index contributed by atoms with van der Waals surface area (Å²) in [5.41, 5.74) is 2.44. The summed E-state index contributed by atoms with van der Waals surface area (Å²) in [4.78, 5) is 21.4. The van der Waals surface area contributed by atoms with Gasteiger partial charge in [0.25, 0.3) is 0 Å². The van der Waals surface area contributed by atoms with Gasteiger partial charge in [0, 0.05) is 18.3 Å². The zero-order chi connectivity index (χ0) is 14.8. The van der Waals surface area contributed by atoms with Gasteiger partial charge in [-0.15, -0.1) is 0 Å². The SMILES string of the molecule is C[C@@H](Nc1cc(N2CCc3ccccc32)ncn1)C(=O)O. The van der Waals surface area contributed by atoms with Gasteiger partial charge in [-0.1, -0.05) is 18.2 Å².